The largest absolute Gasteiger partial charge is 0.497 e. The lowest BCUT2D eigenvalue weighted by Gasteiger charge is -2.46. The lowest BCUT2D eigenvalue weighted by molar-refractivity contribution is -0.123. The van der Waals surface area contributed by atoms with Gasteiger partial charge in [-0.2, -0.15) is 5.10 Å². The molecule has 5 rings (SSSR count). The van der Waals surface area contributed by atoms with E-state index in [9.17, 15) is 9.59 Å². The molecule has 0 atom stereocenters. The summed E-state index contributed by atoms with van der Waals surface area (Å²) in [7, 11) is 1.61. The van der Waals surface area contributed by atoms with E-state index in [1.54, 1.807) is 35.5 Å². The van der Waals surface area contributed by atoms with Crippen LogP contribution in [0.4, 0.5) is 16.3 Å². The van der Waals surface area contributed by atoms with Crippen molar-refractivity contribution >= 4 is 23.4 Å². The second-order valence-corrected chi connectivity index (χ2v) is 8.48. The zero-order chi connectivity index (χ0) is 22.8. The summed E-state index contributed by atoms with van der Waals surface area (Å²) in [4.78, 5) is 33.6. The number of hydrogen-bond acceptors (Lipinski definition) is 5. The lowest BCUT2D eigenvalue weighted by Crippen LogP contribution is -2.55. The monoisotopic (exact) mass is 446 g/mol. The molecule has 1 saturated heterocycles. The number of benzene rings is 1. The fourth-order valence-corrected chi connectivity index (χ4v) is 4.68. The third-order valence-electron chi connectivity index (χ3n) is 6.54. The molecule has 4 heterocycles. The number of piperidine rings is 1. The fraction of sp³-hybridized carbons (Fsp3) is 0.333. The van der Waals surface area contributed by atoms with E-state index in [2.05, 4.69) is 15.4 Å². The van der Waals surface area contributed by atoms with Crippen LogP contribution in [-0.4, -0.2) is 51.8 Å². The van der Waals surface area contributed by atoms with Gasteiger partial charge in [0, 0.05) is 37.2 Å². The van der Waals surface area contributed by atoms with E-state index in [0.29, 0.717) is 38.9 Å². The summed E-state index contributed by atoms with van der Waals surface area (Å²) in [6, 6.07) is 12.8. The number of aromatic nitrogens is 3. The number of nitrogens with zero attached hydrogens (tertiary/aromatic N) is 5. The van der Waals surface area contributed by atoms with Crippen molar-refractivity contribution in [2.75, 3.05) is 30.4 Å². The van der Waals surface area contributed by atoms with Crippen LogP contribution in [0.25, 0.3) is 0 Å². The Morgan fingerprint density at radius 3 is 2.48 bits per heavy atom. The first-order valence-electron chi connectivity index (χ1n) is 11.0. The van der Waals surface area contributed by atoms with Crippen molar-refractivity contribution in [3.63, 3.8) is 0 Å². The summed E-state index contributed by atoms with van der Waals surface area (Å²) in [6.07, 6.45) is 6.93. The molecule has 0 radical (unpaired) electrons. The number of pyridine rings is 1. The van der Waals surface area contributed by atoms with Crippen LogP contribution in [0.15, 0.2) is 61.1 Å². The van der Waals surface area contributed by atoms with Crippen molar-refractivity contribution in [3.8, 4) is 5.75 Å². The maximum absolute atomic E-state index is 13.2. The van der Waals surface area contributed by atoms with Gasteiger partial charge in [0.15, 0.2) is 0 Å². The second-order valence-electron chi connectivity index (χ2n) is 8.48. The van der Waals surface area contributed by atoms with Gasteiger partial charge < -0.3 is 15.0 Å². The molecule has 33 heavy (non-hydrogen) atoms. The van der Waals surface area contributed by atoms with Gasteiger partial charge in [-0.15, -0.1) is 0 Å². The zero-order valence-corrected chi connectivity index (χ0v) is 18.5. The molecule has 1 spiro atoms. The van der Waals surface area contributed by atoms with E-state index in [0.717, 1.165) is 22.8 Å². The van der Waals surface area contributed by atoms with Gasteiger partial charge in [0.1, 0.15) is 11.6 Å². The van der Waals surface area contributed by atoms with E-state index < -0.39 is 5.54 Å². The van der Waals surface area contributed by atoms with Gasteiger partial charge in [0.2, 0.25) is 5.91 Å². The third-order valence-corrected chi connectivity index (χ3v) is 6.54. The maximum atomic E-state index is 13.2. The van der Waals surface area contributed by atoms with Crippen LogP contribution in [0.1, 0.15) is 24.8 Å². The van der Waals surface area contributed by atoms with E-state index in [1.807, 2.05) is 47.1 Å². The lowest BCUT2D eigenvalue weighted by atomic mass is 9.82. The summed E-state index contributed by atoms with van der Waals surface area (Å²) < 4.78 is 7.15. The van der Waals surface area contributed by atoms with Crippen molar-refractivity contribution in [2.45, 2.75) is 31.3 Å². The first kappa shape index (κ1) is 21.0. The summed E-state index contributed by atoms with van der Waals surface area (Å²) in [5.74, 6) is 1.62. The highest BCUT2D eigenvalue weighted by molar-refractivity contribution is 5.94. The summed E-state index contributed by atoms with van der Waals surface area (Å²) in [5.41, 5.74) is 1.34. The molecule has 1 aromatic carbocycles. The fourth-order valence-electron chi connectivity index (χ4n) is 4.68. The van der Waals surface area contributed by atoms with Gasteiger partial charge in [-0.25, -0.2) is 9.48 Å². The number of urea groups is 1. The number of anilines is 2. The molecule has 2 aliphatic heterocycles. The Hall–Kier alpha value is -3.88. The molecule has 2 aromatic heterocycles. The average Bonchev–Trinajstić information content (AvgIpc) is 3.34. The van der Waals surface area contributed by atoms with Gasteiger partial charge in [-0.3, -0.25) is 14.7 Å². The highest BCUT2D eigenvalue weighted by Crippen LogP contribution is 2.41. The summed E-state index contributed by atoms with van der Waals surface area (Å²) >= 11 is 0. The van der Waals surface area contributed by atoms with Crippen LogP contribution in [0.2, 0.25) is 0 Å². The molecule has 1 N–H and O–H groups in total. The van der Waals surface area contributed by atoms with Crippen LogP contribution < -0.4 is 15.0 Å². The summed E-state index contributed by atoms with van der Waals surface area (Å²) in [5, 5.41) is 7.53. The number of hydrogen-bond donors (Lipinski definition) is 1. The minimum Gasteiger partial charge on any atom is -0.497 e. The number of rotatable bonds is 4. The number of ether oxygens (including phenoxy) is 1. The second kappa shape index (κ2) is 8.57. The van der Waals surface area contributed by atoms with Gasteiger partial charge in [0.05, 0.1) is 31.8 Å². The van der Waals surface area contributed by atoms with Gasteiger partial charge >= 0.3 is 6.03 Å². The standard InChI is InChI=1S/C24H26N6O3/c1-33-20-4-2-19(3-5-20)27-23(32)28-14-9-24(10-15-28)16-22(31)29(21-8-13-26-30(21)24)17-18-6-11-25-12-7-18/h2-8,11-13H,9-10,14-17H2,1H3,(H,27,32). The molecular weight excluding hydrogens is 420 g/mol. The minimum atomic E-state index is -0.401. The number of carbonyl (C=O) groups is 2. The predicted molar refractivity (Wildman–Crippen MR) is 123 cm³/mol. The van der Waals surface area contributed by atoms with E-state index in [1.165, 1.54) is 0 Å². The van der Waals surface area contributed by atoms with E-state index >= 15 is 0 Å². The number of methoxy groups -OCH3 is 1. The minimum absolute atomic E-state index is 0.0796. The van der Waals surface area contributed by atoms with Crippen LogP contribution in [0.5, 0.6) is 5.75 Å². The molecule has 2 aliphatic rings. The number of nitrogens with one attached hydrogen (secondary N) is 1. The smallest absolute Gasteiger partial charge is 0.321 e. The van der Waals surface area contributed by atoms with Crippen LogP contribution in [0, 0.1) is 0 Å². The van der Waals surface area contributed by atoms with Crippen molar-refractivity contribution in [2.24, 2.45) is 0 Å². The Morgan fingerprint density at radius 1 is 1.06 bits per heavy atom. The van der Waals surface area contributed by atoms with Crippen LogP contribution >= 0.6 is 0 Å². The molecule has 0 unspecified atom stereocenters. The molecule has 9 nitrogen and oxygen atoms in total. The topological polar surface area (TPSA) is 92.6 Å². The number of amides is 3. The molecule has 9 heteroatoms. The molecule has 0 saturated carbocycles. The Bertz CT molecular complexity index is 1140. The van der Waals surface area contributed by atoms with Crippen LogP contribution in [-0.2, 0) is 16.9 Å². The van der Waals surface area contributed by atoms with Gasteiger partial charge in [-0.1, -0.05) is 0 Å². The molecular formula is C24H26N6O3. The van der Waals surface area contributed by atoms with Crippen molar-refractivity contribution in [3.05, 3.63) is 66.6 Å². The molecule has 1 fully saturated rings. The maximum Gasteiger partial charge on any atom is 0.321 e. The summed E-state index contributed by atoms with van der Waals surface area (Å²) in [6.45, 7) is 1.59. The molecule has 0 aliphatic carbocycles. The van der Waals surface area contributed by atoms with E-state index in [4.69, 9.17) is 4.74 Å². The molecule has 0 bridgehead atoms. The highest BCUT2D eigenvalue weighted by Gasteiger charge is 2.46. The SMILES string of the molecule is COc1ccc(NC(=O)N2CCC3(CC2)CC(=O)N(Cc2ccncc2)c2ccnn23)cc1. The number of fused-ring (bicyclic) bond motifs is 2. The third kappa shape index (κ3) is 4.02. The first-order valence-corrected chi connectivity index (χ1v) is 11.0. The first-order chi connectivity index (χ1) is 16.1. The number of likely N-dealkylation sites (tertiary alicyclic amines) is 1. The van der Waals surface area contributed by atoms with E-state index in [-0.39, 0.29) is 11.9 Å². The zero-order valence-electron chi connectivity index (χ0n) is 18.5. The Labute approximate surface area is 192 Å². The molecule has 3 amide bonds. The van der Waals surface area contributed by atoms with Crippen LogP contribution in [0.3, 0.4) is 0 Å². The predicted octanol–water partition coefficient (Wildman–Crippen LogP) is 3.25. The highest BCUT2D eigenvalue weighted by atomic mass is 16.5. The van der Waals surface area contributed by atoms with Crippen molar-refractivity contribution in [1.82, 2.24) is 19.7 Å². The van der Waals surface area contributed by atoms with Gasteiger partial charge in [0.25, 0.3) is 0 Å². The quantitative estimate of drug-likeness (QED) is 0.664. The van der Waals surface area contributed by atoms with Crippen molar-refractivity contribution in [1.29, 1.82) is 0 Å². The number of carbonyl (C=O) groups excluding carboxylic acids is 2. The average molecular weight is 447 g/mol. The normalized spacial score (nSPS) is 17.1. The Balaban J connectivity index is 1.28. The molecule has 3 aromatic rings. The van der Waals surface area contributed by atoms with Crippen molar-refractivity contribution < 1.29 is 14.3 Å². The Morgan fingerprint density at radius 2 is 1.79 bits per heavy atom. The Kier molecular flexibility index (Phi) is 5.45. The molecule has 170 valence electrons. The van der Waals surface area contributed by atoms with Gasteiger partial charge in [-0.05, 0) is 54.8 Å².